The number of aliphatic hydroxyl groups is 2. The normalized spacial score (nSPS) is 47.5. The lowest BCUT2D eigenvalue weighted by atomic mass is 9.55. The summed E-state index contributed by atoms with van der Waals surface area (Å²) in [6, 6.07) is 3.19. The Morgan fingerprint density at radius 2 is 2.11 bits per heavy atom. The molecule has 3 fully saturated rings. The maximum Gasteiger partial charge on any atom is 0.165 e. The van der Waals surface area contributed by atoms with Gasteiger partial charge in [-0.2, -0.15) is 0 Å². The quantitative estimate of drug-likeness (QED) is 0.586. The molecule has 7 heteroatoms. The summed E-state index contributed by atoms with van der Waals surface area (Å²) < 4.78 is 6.62. The van der Waals surface area contributed by atoms with E-state index < -0.39 is 28.7 Å². The van der Waals surface area contributed by atoms with E-state index in [1.165, 1.54) is 12.8 Å². The van der Waals surface area contributed by atoms with Crippen LogP contribution in [0.2, 0.25) is 0 Å². The summed E-state index contributed by atoms with van der Waals surface area (Å²) in [6.07, 6.45) is 2.02. The number of quaternary nitrogens is 1. The average molecular weight is 387 g/mol. The minimum atomic E-state index is -2.30. The molecule has 5 aliphatic rings. The van der Waals surface area contributed by atoms with Gasteiger partial charge in [0.1, 0.15) is 23.3 Å². The van der Waals surface area contributed by atoms with Crippen molar-refractivity contribution in [1.82, 2.24) is 0 Å². The molecule has 6 rings (SSSR count). The first-order valence-electron chi connectivity index (χ1n) is 10.2. The van der Waals surface area contributed by atoms with Crippen LogP contribution in [-0.2, 0) is 16.6 Å². The van der Waals surface area contributed by atoms with Crippen molar-refractivity contribution in [2.45, 2.75) is 60.9 Å². The zero-order valence-corrected chi connectivity index (χ0v) is 15.9. The Morgan fingerprint density at radius 1 is 1.36 bits per heavy atom. The Kier molecular flexibility index (Phi) is 2.84. The molecule has 2 heterocycles. The number of rotatable bonds is 3. The van der Waals surface area contributed by atoms with Crippen LogP contribution in [0, 0.1) is 5.92 Å². The fourth-order valence-electron chi connectivity index (χ4n) is 7.23. The van der Waals surface area contributed by atoms with Gasteiger partial charge in [0.2, 0.25) is 0 Å². The molecule has 2 saturated carbocycles. The first-order valence-corrected chi connectivity index (χ1v) is 10.2. The number of hydrogen-bond donors (Lipinski definition) is 3. The second kappa shape index (κ2) is 4.66. The molecule has 1 saturated heterocycles. The Bertz CT molecular complexity index is 930. The Morgan fingerprint density at radius 3 is 2.79 bits per heavy atom. The van der Waals surface area contributed by atoms with E-state index in [9.17, 15) is 25.2 Å². The van der Waals surface area contributed by atoms with Crippen LogP contribution in [0.3, 0.4) is 0 Å². The van der Waals surface area contributed by atoms with Crippen LogP contribution in [0.4, 0.5) is 0 Å². The zero-order chi connectivity index (χ0) is 19.7. The van der Waals surface area contributed by atoms with Crippen molar-refractivity contribution in [3.05, 3.63) is 23.3 Å². The van der Waals surface area contributed by atoms with Crippen LogP contribution >= 0.6 is 0 Å². The maximum atomic E-state index is 12.1. The van der Waals surface area contributed by atoms with Gasteiger partial charge in [-0.1, -0.05) is 6.07 Å². The van der Waals surface area contributed by atoms with Gasteiger partial charge in [-0.25, -0.2) is 0 Å². The van der Waals surface area contributed by atoms with Gasteiger partial charge in [0.05, 0.1) is 31.5 Å². The minimum absolute atomic E-state index is 0.0789. The van der Waals surface area contributed by atoms with Gasteiger partial charge in [0.25, 0.3) is 0 Å². The number of phenolic OH excluding ortho intramolecular Hbond substituents is 1. The first-order chi connectivity index (χ1) is 13.2. The highest BCUT2D eigenvalue weighted by atomic mass is 16.5. The molecule has 0 amide bonds. The van der Waals surface area contributed by atoms with Crippen molar-refractivity contribution >= 4 is 5.97 Å². The molecule has 0 unspecified atom stereocenters. The number of ether oxygens (including phenoxy) is 1. The van der Waals surface area contributed by atoms with Gasteiger partial charge in [0, 0.05) is 30.7 Å². The molecular formula is C21H25NO6. The summed E-state index contributed by atoms with van der Waals surface area (Å²) in [5, 5.41) is 45.7. The molecule has 2 bridgehead atoms. The predicted molar refractivity (Wildman–Crippen MR) is 94.5 cm³/mol. The second-order valence-electron chi connectivity index (χ2n) is 10.0. The molecule has 2 aliphatic heterocycles. The average Bonchev–Trinajstić information content (AvgIpc) is 3.29. The van der Waals surface area contributed by atoms with Crippen LogP contribution in [0.25, 0.3) is 0 Å². The number of likely N-dealkylation sites (N-methyl/N-ethyl adjacent to an activating group) is 1. The van der Waals surface area contributed by atoms with Gasteiger partial charge < -0.3 is 34.4 Å². The fourth-order valence-corrected chi connectivity index (χ4v) is 7.23. The van der Waals surface area contributed by atoms with Crippen molar-refractivity contribution < 1.29 is 34.4 Å². The molecule has 3 N–H and O–H groups in total. The number of carbonyl (C=O) groups excluding carboxylic acids is 1. The number of aliphatic carboxylic acids is 1. The largest absolute Gasteiger partial charge is 0.547 e. The van der Waals surface area contributed by atoms with E-state index in [2.05, 4.69) is 7.05 Å². The number of piperidine rings is 1. The number of benzene rings is 1. The third kappa shape index (κ3) is 1.63. The molecule has 28 heavy (non-hydrogen) atoms. The van der Waals surface area contributed by atoms with Crippen molar-refractivity contribution in [3.8, 4) is 11.5 Å². The van der Waals surface area contributed by atoms with Gasteiger partial charge in [-0.05, 0) is 24.5 Å². The molecule has 150 valence electrons. The lowest BCUT2D eigenvalue weighted by Crippen LogP contribution is -2.76. The molecular weight excluding hydrogens is 362 g/mol. The number of hydrogen-bond acceptors (Lipinski definition) is 6. The standard InChI is InChI=1S/C21H25NO6/c1-22(9-11-2-3-11)7-6-19-15-12-4-5-13(23)16(15)28-17(19)20(26,18(24)25)10-21(19,27)14(22)8-12/h4-5,11,14,17,26-27H,2-3,6-10H2,1H3,(H-,23,24,25)/t14-,17-,19+,20+,21-,22-/m1/s1. The highest BCUT2D eigenvalue weighted by Crippen LogP contribution is 2.69. The van der Waals surface area contributed by atoms with E-state index in [-0.39, 0.29) is 24.0 Å². The van der Waals surface area contributed by atoms with Crippen LogP contribution < -0.4 is 9.84 Å². The molecule has 1 aromatic rings. The van der Waals surface area contributed by atoms with Gasteiger partial charge in [-0.15, -0.1) is 0 Å². The van der Waals surface area contributed by atoms with Crippen LogP contribution in [0.1, 0.15) is 36.8 Å². The summed E-state index contributed by atoms with van der Waals surface area (Å²) in [5.74, 6) is -0.830. The van der Waals surface area contributed by atoms with E-state index in [4.69, 9.17) is 4.74 Å². The third-order valence-corrected chi connectivity index (χ3v) is 8.56. The van der Waals surface area contributed by atoms with Crippen LogP contribution in [0.15, 0.2) is 12.1 Å². The fraction of sp³-hybridized carbons (Fsp3) is 0.667. The SMILES string of the molecule is C[N@+]1(CC2CC2)CC[C@]23c4c5ccc(O)c4O[C@H]2[C@](O)(C(=O)[O-])C[C@@]3(O)[C@H]1C5. The Balaban J connectivity index is 1.62. The third-order valence-electron chi connectivity index (χ3n) is 8.56. The van der Waals surface area contributed by atoms with Gasteiger partial charge >= 0.3 is 0 Å². The number of carboxylic acids is 1. The molecule has 0 aromatic heterocycles. The summed E-state index contributed by atoms with van der Waals surface area (Å²) in [5.41, 5.74) is -3.08. The van der Waals surface area contributed by atoms with E-state index in [0.29, 0.717) is 28.8 Å². The van der Waals surface area contributed by atoms with E-state index in [1.54, 1.807) is 6.07 Å². The number of likely N-dealkylation sites (tertiary alicyclic amines) is 1. The smallest absolute Gasteiger partial charge is 0.165 e. The number of carbonyl (C=O) groups is 1. The molecule has 1 spiro atoms. The first kappa shape index (κ1) is 17.1. The molecule has 0 radical (unpaired) electrons. The van der Waals surface area contributed by atoms with Gasteiger partial charge in [0.15, 0.2) is 11.5 Å². The summed E-state index contributed by atoms with van der Waals surface area (Å²) >= 11 is 0. The molecule has 6 atom stereocenters. The van der Waals surface area contributed by atoms with E-state index in [0.717, 1.165) is 18.7 Å². The Hall–Kier alpha value is -1.83. The van der Waals surface area contributed by atoms with E-state index >= 15 is 0 Å². The highest BCUT2D eigenvalue weighted by Gasteiger charge is 2.82. The number of nitrogens with zero attached hydrogens (tertiary/aromatic N) is 1. The van der Waals surface area contributed by atoms with Gasteiger partial charge in [-0.3, -0.25) is 0 Å². The summed E-state index contributed by atoms with van der Waals surface area (Å²) in [4.78, 5) is 12.0. The van der Waals surface area contributed by atoms with Crippen LogP contribution in [0.5, 0.6) is 11.5 Å². The number of carboxylic acid groups (broad SMARTS) is 1. The molecule has 3 aliphatic carbocycles. The van der Waals surface area contributed by atoms with Crippen molar-refractivity contribution in [1.29, 1.82) is 0 Å². The second-order valence-corrected chi connectivity index (χ2v) is 10.0. The Labute approximate surface area is 162 Å². The monoisotopic (exact) mass is 387 g/mol. The maximum absolute atomic E-state index is 12.1. The molecule has 7 nitrogen and oxygen atoms in total. The number of phenols is 1. The predicted octanol–water partition coefficient (Wildman–Crippen LogP) is -0.808. The minimum Gasteiger partial charge on any atom is -0.547 e. The van der Waals surface area contributed by atoms with E-state index in [1.807, 2.05) is 6.07 Å². The highest BCUT2D eigenvalue weighted by molar-refractivity contribution is 5.80. The van der Waals surface area contributed by atoms with Crippen LogP contribution in [-0.4, -0.2) is 69.3 Å². The molecule has 1 aromatic carbocycles. The lowest BCUT2D eigenvalue weighted by molar-refractivity contribution is -0.950. The van der Waals surface area contributed by atoms with Crippen molar-refractivity contribution in [3.63, 3.8) is 0 Å². The lowest BCUT2D eigenvalue weighted by Gasteiger charge is -2.60. The van der Waals surface area contributed by atoms with Crippen molar-refractivity contribution in [2.24, 2.45) is 5.92 Å². The summed E-state index contributed by atoms with van der Waals surface area (Å²) in [6.45, 7) is 1.74. The number of aromatic hydroxyl groups is 1. The zero-order valence-electron chi connectivity index (χ0n) is 15.9. The summed E-state index contributed by atoms with van der Waals surface area (Å²) in [7, 11) is 2.15. The topological polar surface area (TPSA) is 110 Å². The van der Waals surface area contributed by atoms with Crippen molar-refractivity contribution in [2.75, 3.05) is 20.1 Å².